The second kappa shape index (κ2) is 4.38. The molecule has 0 radical (unpaired) electrons. The van der Waals surface area contributed by atoms with Crippen molar-refractivity contribution in [1.29, 1.82) is 0 Å². The summed E-state index contributed by atoms with van der Waals surface area (Å²) in [6.07, 6.45) is 3.72. The Morgan fingerprint density at radius 1 is 1.16 bits per heavy atom. The minimum absolute atomic E-state index is 0.115. The van der Waals surface area contributed by atoms with Crippen LogP contribution < -0.4 is 5.32 Å². The lowest BCUT2D eigenvalue weighted by Crippen LogP contribution is -2.16. The van der Waals surface area contributed by atoms with Gasteiger partial charge in [0, 0.05) is 10.9 Å². The van der Waals surface area contributed by atoms with Gasteiger partial charge >= 0.3 is 0 Å². The van der Waals surface area contributed by atoms with Gasteiger partial charge in [-0.1, -0.05) is 20.8 Å². The van der Waals surface area contributed by atoms with Gasteiger partial charge in [0.05, 0.1) is 6.54 Å². The van der Waals surface area contributed by atoms with Crippen LogP contribution in [0.15, 0.2) is 16.5 Å². The van der Waals surface area contributed by atoms with Crippen molar-refractivity contribution < 1.29 is 4.42 Å². The fraction of sp³-hybridized carbons (Fsp3) is 0.529. The SMILES string of the molecule is CNCc1oc2cc3c(cc2c1C(C)(C)C)CCC3. The molecule has 0 atom stereocenters. The van der Waals surface area contributed by atoms with Gasteiger partial charge in [-0.05, 0) is 55.0 Å². The van der Waals surface area contributed by atoms with Crippen molar-refractivity contribution in [2.75, 3.05) is 7.05 Å². The van der Waals surface area contributed by atoms with E-state index in [1.807, 2.05) is 7.05 Å². The molecule has 0 spiro atoms. The smallest absolute Gasteiger partial charge is 0.134 e. The molecule has 2 nitrogen and oxygen atoms in total. The van der Waals surface area contributed by atoms with E-state index < -0.39 is 0 Å². The van der Waals surface area contributed by atoms with Gasteiger partial charge in [0.2, 0.25) is 0 Å². The highest BCUT2D eigenvalue weighted by Gasteiger charge is 2.26. The molecule has 0 bridgehead atoms. The molecular weight excluding hydrogens is 234 g/mol. The average molecular weight is 257 g/mol. The molecule has 3 rings (SSSR count). The van der Waals surface area contributed by atoms with Crippen LogP contribution in [0.1, 0.15) is 49.6 Å². The first kappa shape index (κ1) is 12.7. The second-order valence-electron chi connectivity index (χ2n) is 6.65. The third kappa shape index (κ3) is 2.08. The molecule has 0 amide bonds. The van der Waals surface area contributed by atoms with E-state index in [1.165, 1.54) is 41.3 Å². The summed E-state index contributed by atoms with van der Waals surface area (Å²) in [6, 6.07) is 4.65. The number of fused-ring (bicyclic) bond motifs is 2. The third-order valence-corrected chi connectivity index (χ3v) is 4.06. The number of hydrogen-bond acceptors (Lipinski definition) is 2. The molecule has 1 N–H and O–H groups in total. The Labute approximate surface area is 115 Å². The summed E-state index contributed by atoms with van der Waals surface area (Å²) < 4.78 is 6.13. The van der Waals surface area contributed by atoms with Gasteiger partial charge in [0.25, 0.3) is 0 Å². The Bertz CT molecular complexity index is 616. The first-order chi connectivity index (χ1) is 9.00. The number of rotatable bonds is 2. The Balaban J connectivity index is 2.26. The zero-order valence-corrected chi connectivity index (χ0v) is 12.4. The quantitative estimate of drug-likeness (QED) is 0.881. The monoisotopic (exact) mass is 257 g/mol. The lowest BCUT2D eigenvalue weighted by Gasteiger charge is -2.19. The lowest BCUT2D eigenvalue weighted by molar-refractivity contribution is 0.495. The van der Waals surface area contributed by atoms with Crippen LogP contribution >= 0.6 is 0 Å². The van der Waals surface area contributed by atoms with Gasteiger partial charge in [-0.3, -0.25) is 0 Å². The van der Waals surface area contributed by atoms with E-state index in [0.29, 0.717) is 0 Å². The van der Waals surface area contributed by atoms with Gasteiger partial charge in [-0.2, -0.15) is 0 Å². The van der Waals surface area contributed by atoms with E-state index in [0.717, 1.165) is 17.9 Å². The van der Waals surface area contributed by atoms with Crippen LogP contribution in [0.4, 0.5) is 0 Å². The molecular formula is C17H23NO. The summed E-state index contributed by atoms with van der Waals surface area (Å²) in [4.78, 5) is 0. The molecule has 102 valence electrons. The van der Waals surface area contributed by atoms with Gasteiger partial charge < -0.3 is 9.73 Å². The Hall–Kier alpha value is -1.28. The summed E-state index contributed by atoms with van der Waals surface area (Å²) >= 11 is 0. The number of aryl methyl sites for hydroxylation is 2. The molecule has 0 unspecified atom stereocenters. The molecule has 0 saturated carbocycles. The maximum Gasteiger partial charge on any atom is 0.134 e. The Morgan fingerprint density at radius 3 is 2.47 bits per heavy atom. The highest BCUT2D eigenvalue weighted by atomic mass is 16.3. The first-order valence-electron chi connectivity index (χ1n) is 7.23. The topological polar surface area (TPSA) is 25.2 Å². The van der Waals surface area contributed by atoms with E-state index >= 15 is 0 Å². The molecule has 0 fully saturated rings. The fourth-order valence-electron chi connectivity index (χ4n) is 3.32. The lowest BCUT2D eigenvalue weighted by atomic mass is 9.84. The Morgan fingerprint density at radius 2 is 1.84 bits per heavy atom. The van der Waals surface area contributed by atoms with Crippen molar-refractivity contribution in [3.8, 4) is 0 Å². The van der Waals surface area contributed by atoms with Crippen LogP contribution in [0, 0.1) is 0 Å². The van der Waals surface area contributed by atoms with Gasteiger partial charge in [-0.15, -0.1) is 0 Å². The van der Waals surface area contributed by atoms with Crippen molar-refractivity contribution >= 4 is 11.0 Å². The molecule has 2 heteroatoms. The highest BCUT2D eigenvalue weighted by molar-refractivity contribution is 5.85. The van der Waals surface area contributed by atoms with E-state index in [-0.39, 0.29) is 5.41 Å². The summed E-state index contributed by atoms with van der Waals surface area (Å²) in [5, 5.41) is 4.54. The van der Waals surface area contributed by atoms with Crippen molar-refractivity contribution in [3.05, 3.63) is 34.6 Å². The zero-order valence-electron chi connectivity index (χ0n) is 12.4. The second-order valence-corrected chi connectivity index (χ2v) is 6.65. The van der Waals surface area contributed by atoms with Crippen molar-refractivity contribution in [2.45, 2.75) is 52.0 Å². The number of nitrogens with one attached hydrogen (secondary N) is 1. The number of hydrogen-bond donors (Lipinski definition) is 1. The minimum Gasteiger partial charge on any atom is -0.459 e. The molecule has 1 heterocycles. The minimum atomic E-state index is 0.115. The maximum atomic E-state index is 6.13. The van der Waals surface area contributed by atoms with E-state index in [1.54, 1.807) is 0 Å². The summed E-state index contributed by atoms with van der Waals surface area (Å²) in [5.74, 6) is 1.09. The van der Waals surface area contributed by atoms with Crippen LogP contribution in [0.25, 0.3) is 11.0 Å². The van der Waals surface area contributed by atoms with Gasteiger partial charge in [-0.25, -0.2) is 0 Å². The van der Waals surface area contributed by atoms with E-state index in [4.69, 9.17) is 4.42 Å². The van der Waals surface area contributed by atoms with Crippen LogP contribution in [0.5, 0.6) is 0 Å². The predicted molar refractivity (Wildman–Crippen MR) is 79.7 cm³/mol. The molecule has 1 aliphatic rings. The van der Waals surface area contributed by atoms with Crippen molar-refractivity contribution in [1.82, 2.24) is 5.32 Å². The Kier molecular flexibility index (Phi) is 2.94. The molecule has 1 aromatic heterocycles. The molecule has 0 aliphatic heterocycles. The standard InChI is InChI=1S/C17H23NO/c1-17(2,3)16-13-8-11-6-5-7-12(11)9-14(13)19-15(16)10-18-4/h8-9,18H,5-7,10H2,1-4H3. The van der Waals surface area contributed by atoms with Crippen molar-refractivity contribution in [3.63, 3.8) is 0 Å². The number of furan rings is 1. The van der Waals surface area contributed by atoms with E-state index in [2.05, 4.69) is 38.2 Å². The third-order valence-electron chi connectivity index (χ3n) is 4.06. The normalized spacial score (nSPS) is 15.2. The largest absolute Gasteiger partial charge is 0.459 e. The first-order valence-corrected chi connectivity index (χ1v) is 7.23. The molecule has 0 saturated heterocycles. The highest BCUT2D eigenvalue weighted by Crippen LogP contribution is 2.38. The van der Waals surface area contributed by atoms with Crippen LogP contribution in [-0.2, 0) is 24.8 Å². The molecule has 19 heavy (non-hydrogen) atoms. The number of benzene rings is 1. The molecule has 1 aromatic carbocycles. The van der Waals surface area contributed by atoms with Crippen LogP contribution in [-0.4, -0.2) is 7.05 Å². The van der Waals surface area contributed by atoms with Crippen LogP contribution in [0.3, 0.4) is 0 Å². The summed E-state index contributed by atoms with van der Waals surface area (Å²) in [7, 11) is 1.97. The average Bonchev–Trinajstić information content (AvgIpc) is 2.87. The van der Waals surface area contributed by atoms with E-state index in [9.17, 15) is 0 Å². The zero-order chi connectivity index (χ0) is 13.6. The summed E-state index contributed by atoms with van der Waals surface area (Å²) in [6.45, 7) is 7.60. The maximum absolute atomic E-state index is 6.13. The van der Waals surface area contributed by atoms with Gasteiger partial charge in [0.15, 0.2) is 0 Å². The van der Waals surface area contributed by atoms with Crippen molar-refractivity contribution in [2.24, 2.45) is 0 Å². The predicted octanol–water partition coefficient (Wildman–Crippen LogP) is 3.94. The van der Waals surface area contributed by atoms with Crippen LogP contribution in [0.2, 0.25) is 0 Å². The molecule has 2 aromatic rings. The summed E-state index contributed by atoms with van der Waals surface area (Å²) in [5.41, 5.74) is 5.56. The molecule has 1 aliphatic carbocycles. The fourth-order valence-corrected chi connectivity index (χ4v) is 3.32. The van der Waals surface area contributed by atoms with Gasteiger partial charge in [0.1, 0.15) is 11.3 Å².